The number of esters is 1. The molecule has 0 aliphatic rings. The van der Waals surface area contributed by atoms with E-state index in [9.17, 15) is 4.79 Å². The Morgan fingerprint density at radius 1 is 1.52 bits per heavy atom. The number of carbonyl (C=O) groups is 1. The topological polar surface area (TPSA) is 85.4 Å². The zero-order valence-electron chi connectivity index (χ0n) is 12.6. The zero-order chi connectivity index (χ0) is 15.8. The number of ether oxygens (including phenoxy) is 2. The first-order chi connectivity index (χ1) is 9.97. The van der Waals surface area contributed by atoms with Crippen molar-refractivity contribution < 1.29 is 14.3 Å². The van der Waals surface area contributed by atoms with E-state index in [1.165, 1.54) is 6.20 Å². The molecule has 0 spiro atoms. The molecule has 1 aromatic rings. The summed E-state index contributed by atoms with van der Waals surface area (Å²) in [4.78, 5) is 19.9. The van der Waals surface area contributed by atoms with Crippen LogP contribution in [-0.4, -0.2) is 47.4 Å². The minimum atomic E-state index is -0.434. The minimum absolute atomic E-state index is 0.0647. The van der Waals surface area contributed by atoms with Gasteiger partial charge in [-0.2, -0.15) is 0 Å². The Labute approximate surface area is 129 Å². The molecule has 1 atom stereocenters. The van der Waals surface area contributed by atoms with Crippen LogP contribution in [0.25, 0.3) is 0 Å². The molecular weight excluding hydrogens is 292 g/mol. The number of hydrogen-bond acceptors (Lipinski definition) is 6. The highest BCUT2D eigenvalue weighted by molar-refractivity contribution is 7.80. The van der Waals surface area contributed by atoms with Crippen molar-refractivity contribution in [2.75, 3.05) is 25.6 Å². The predicted molar refractivity (Wildman–Crippen MR) is 83.4 cm³/mol. The quantitative estimate of drug-likeness (QED) is 0.600. The van der Waals surface area contributed by atoms with Crippen molar-refractivity contribution in [1.29, 1.82) is 0 Å². The van der Waals surface area contributed by atoms with Gasteiger partial charge >= 0.3 is 5.97 Å². The van der Waals surface area contributed by atoms with Crippen molar-refractivity contribution in [2.45, 2.75) is 26.8 Å². The van der Waals surface area contributed by atoms with Crippen molar-refractivity contribution in [3.63, 3.8) is 0 Å². The van der Waals surface area contributed by atoms with Crippen molar-refractivity contribution in [2.24, 2.45) is 0 Å². The Bertz CT molecular complexity index is 510. The molecule has 7 nitrogen and oxygen atoms in total. The Morgan fingerprint density at radius 2 is 2.24 bits per heavy atom. The number of hydrogen-bond donors (Lipinski definition) is 2. The van der Waals surface area contributed by atoms with E-state index in [1.807, 2.05) is 6.92 Å². The summed E-state index contributed by atoms with van der Waals surface area (Å²) in [5, 5.41) is 6.28. The van der Waals surface area contributed by atoms with Crippen LogP contribution < -0.4 is 10.6 Å². The molecule has 0 aliphatic carbocycles. The number of rotatable bonds is 6. The maximum Gasteiger partial charge on any atom is 0.341 e. The maximum atomic E-state index is 11.6. The molecule has 21 heavy (non-hydrogen) atoms. The van der Waals surface area contributed by atoms with Crippen LogP contribution in [0.4, 0.5) is 5.95 Å². The van der Waals surface area contributed by atoms with Crippen LogP contribution in [0, 0.1) is 6.92 Å². The van der Waals surface area contributed by atoms with Crippen LogP contribution in [0.3, 0.4) is 0 Å². The van der Waals surface area contributed by atoms with E-state index in [-0.39, 0.29) is 6.04 Å². The van der Waals surface area contributed by atoms with E-state index in [0.29, 0.717) is 35.5 Å². The molecule has 0 amide bonds. The van der Waals surface area contributed by atoms with Crippen LogP contribution in [0.1, 0.15) is 29.9 Å². The third kappa shape index (κ3) is 5.60. The Morgan fingerprint density at radius 3 is 2.81 bits per heavy atom. The Balaban J connectivity index is 2.67. The molecule has 0 fully saturated rings. The molecular formula is C13H20N4O3S. The van der Waals surface area contributed by atoms with Gasteiger partial charge in [0.1, 0.15) is 0 Å². The monoisotopic (exact) mass is 312 g/mol. The van der Waals surface area contributed by atoms with Gasteiger partial charge in [0.2, 0.25) is 5.95 Å². The average molecular weight is 312 g/mol. The highest BCUT2D eigenvalue weighted by atomic mass is 32.1. The standard InChI is InChI=1S/C13H20N4O3S/c1-5-20-11(18)10-6-14-12(16-9(10)3)17-13(21)15-8(2)7-19-4/h6,8H,5,7H2,1-4H3,(H2,14,15,16,17,21). The third-order valence-corrected chi connectivity index (χ3v) is 2.71. The lowest BCUT2D eigenvalue weighted by Crippen LogP contribution is -2.38. The first kappa shape index (κ1) is 17.3. The summed E-state index contributed by atoms with van der Waals surface area (Å²) in [6, 6.07) is 0.0647. The summed E-state index contributed by atoms with van der Waals surface area (Å²) < 4.78 is 9.92. The normalized spacial score (nSPS) is 11.6. The lowest BCUT2D eigenvalue weighted by atomic mass is 10.2. The molecule has 1 aromatic heterocycles. The van der Waals surface area contributed by atoms with Gasteiger partial charge in [-0.1, -0.05) is 0 Å². The number of aromatic nitrogens is 2. The van der Waals surface area contributed by atoms with Gasteiger partial charge in [-0.3, -0.25) is 0 Å². The molecule has 1 heterocycles. The van der Waals surface area contributed by atoms with Gasteiger partial charge in [0, 0.05) is 19.3 Å². The van der Waals surface area contributed by atoms with Crippen LogP contribution in [0.5, 0.6) is 0 Å². The summed E-state index contributed by atoms with van der Waals surface area (Å²) in [5.41, 5.74) is 0.868. The van der Waals surface area contributed by atoms with E-state index in [2.05, 4.69) is 20.6 Å². The molecule has 0 saturated heterocycles. The van der Waals surface area contributed by atoms with Gasteiger partial charge in [-0.25, -0.2) is 14.8 Å². The maximum absolute atomic E-state index is 11.6. The fraction of sp³-hybridized carbons (Fsp3) is 0.538. The van der Waals surface area contributed by atoms with Crippen molar-refractivity contribution in [3.8, 4) is 0 Å². The molecule has 0 aliphatic heterocycles. The number of aryl methyl sites for hydroxylation is 1. The number of nitrogens with zero attached hydrogens (tertiary/aromatic N) is 2. The van der Waals surface area contributed by atoms with E-state index in [4.69, 9.17) is 21.7 Å². The van der Waals surface area contributed by atoms with Crippen molar-refractivity contribution >= 4 is 29.2 Å². The fourth-order valence-corrected chi connectivity index (χ4v) is 1.88. The lowest BCUT2D eigenvalue weighted by molar-refractivity contribution is 0.0524. The molecule has 8 heteroatoms. The summed E-state index contributed by atoms with van der Waals surface area (Å²) >= 11 is 5.15. The second-order valence-corrected chi connectivity index (χ2v) is 4.78. The number of methoxy groups -OCH3 is 1. The van der Waals surface area contributed by atoms with Gasteiger partial charge in [0.05, 0.1) is 24.5 Å². The lowest BCUT2D eigenvalue weighted by Gasteiger charge is -2.15. The molecule has 1 rings (SSSR count). The van der Waals surface area contributed by atoms with Gasteiger partial charge in [-0.15, -0.1) is 0 Å². The number of nitrogens with one attached hydrogen (secondary N) is 2. The molecule has 0 radical (unpaired) electrons. The number of anilines is 1. The Kier molecular flexibility index (Phi) is 6.97. The Hall–Kier alpha value is -1.80. The predicted octanol–water partition coefficient (Wildman–Crippen LogP) is 1.28. The van der Waals surface area contributed by atoms with Crippen molar-refractivity contribution in [3.05, 3.63) is 17.5 Å². The van der Waals surface area contributed by atoms with Crippen LogP contribution in [0.15, 0.2) is 6.20 Å². The van der Waals surface area contributed by atoms with Gasteiger partial charge in [-0.05, 0) is 33.0 Å². The third-order valence-electron chi connectivity index (χ3n) is 2.49. The van der Waals surface area contributed by atoms with Crippen LogP contribution in [0.2, 0.25) is 0 Å². The number of carbonyl (C=O) groups excluding carboxylic acids is 1. The van der Waals surface area contributed by atoms with E-state index < -0.39 is 5.97 Å². The first-order valence-corrected chi connectivity index (χ1v) is 6.96. The summed E-state index contributed by atoms with van der Waals surface area (Å²) in [7, 11) is 1.62. The molecule has 0 aromatic carbocycles. The molecule has 0 bridgehead atoms. The zero-order valence-corrected chi connectivity index (χ0v) is 13.4. The fourth-order valence-electron chi connectivity index (χ4n) is 1.59. The highest BCUT2D eigenvalue weighted by Crippen LogP contribution is 2.08. The van der Waals surface area contributed by atoms with Gasteiger partial charge in [0.25, 0.3) is 0 Å². The van der Waals surface area contributed by atoms with Crippen LogP contribution in [-0.2, 0) is 9.47 Å². The average Bonchev–Trinajstić information content (AvgIpc) is 2.38. The molecule has 1 unspecified atom stereocenters. The van der Waals surface area contributed by atoms with Gasteiger partial charge in [0.15, 0.2) is 5.11 Å². The first-order valence-electron chi connectivity index (χ1n) is 6.55. The largest absolute Gasteiger partial charge is 0.462 e. The molecule has 2 N–H and O–H groups in total. The van der Waals surface area contributed by atoms with Gasteiger partial charge < -0.3 is 20.1 Å². The second kappa shape index (κ2) is 8.48. The SMILES string of the molecule is CCOC(=O)c1cnc(NC(=S)NC(C)COC)nc1C. The van der Waals surface area contributed by atoms with E-state index in [1.54, 1.807) is 21.0 Å². The number of thiocarbonyl (C=S) groups is 1. The summed E-state index contributed by atoms with van der Waals surface area (Å²) in [5.74, 6) is -0.112. The summed E-state index contributed by atoms with van der Waals surface area (Å²) in [6.45, 7) is 6.24. The van der Waals surface area contributed by atoms with Crippen LogP contribution >= 0.6 is 12.2 Å². The van der Waals surface area contributed by atoms with Crippen molar-refractivity contribution in [1.82, 2.24) is 15.3 Å². The van der Waals surface area contributed by atoms with E-state index in [0.717, 1.165) is 0 Å². The molecule has 116 valence electrons. The highest BCUT2D eigenvalue weighted by Gasteiger charge is 2.13. The summed E-state index contributed by atoms with van der Waals surface area (Å²) in [6.07, 6.45) is 1.42. The molecule has 0 saturated carbocycles. The minimum Gasteiger partial charge on any atom is -0.462 e. The second-order valence-electron chi connectivity index (χ2n) is 4.37. The van der Waals surface area contributed by atoms with E-state index >= 15 is 0 Å². The smallest absolute Gasteiger partial charge is 0.341 e.